The van der Waals surface area contributed by atoms with Gasteiger partial charge in [0.2, 0.25) is 0 Å². The van der Waals surface area contributed by atoms with E-state index < -0.39 is 47.5 Å². The molecule has 2 rings (SSSR count). The minimum absolute atomic E-state index is 0.153. The molecule has 2 aliphatic carbocycles. The van der Waals surface area contributed by atoms with E-state index in [-0.39, 0.29) is 13.2 Å². The minimum atomic E-state index is -0.948. The lowest BCUT2D eigenvalue weighted by atomic mass is 9.79. The van der Waals surface area contributed by atoms with Crippen molar-refractivity contribution in [3.8, 4) is 0 Å². The van der Waals surface area contributed by atoms with Crippen molar-refractivity contribution in [2.75, 3.05) is 13.2 Å². The zero-order valence-corrected chi connectivity index (χ0v) is 16.1. The largest absolute Gasteiger partial charge is 0.481 e. The Bertz CT molecular complexity index is 523. The van der Waals surface area contributed by atoms with Gasteiger partial charge < -0.3 is 19.7 Å². The van der Waals surface area contributed by atoms with Crippen molar-refractivity contribution in [3.05, 3.63) is 0 Å². The molecule has 0 unspecified atom stereocenters. The van der Waals surface area contributed by atoms with Crippen molar-refractivity contribution >= 4 is 23.9 Å². The van der Waals surface area contributed by atoms with E-state index in [9.17, 15) is 29.4 Å². The Morgan fingerprint density at radius 2 is 0.929 bits per heavy atom. The highest BCUT2D eigenvalue weighted by molar-refractivity contribution is 5.82. The number of carbonyl (C=O) groups is 4. The zero-order chi connectivity index (χ0) is 20.5. The van der Waals surface area contributed by atoms with Gasteiger partial charge in [0.1, 0.15) is 0 Å². The van der Waals surface area contributed by atoms with Gasteiger partial charge >= 0.3 is 23.9 Å². The maximum atomic E-state index is 12.1. The molecule has 0 aromatic carbocycles. The summed E-state index contributed by atoms with van der Waals surface area (Å²) in [4.78, 5) is 46.8. The third kappa shape index (κ3) is 6.21. The number of carboxylic acid groups (broad SMARTS) is 2. The van der Waals surface area contributed by atoms with Gasteiger partial charge in [-0.05, 0) is 38.5 Å². The Kier molecular flexibility index (Phi) is 8.73. The van der Waals surface area contributed by atoms with Gasteiger partial charge in [0.15, 0.2) is 0 Å². The van der Waals surface area contributed by atoms with Crippen LogP contribution in [-0.4, -0.2) is 47.3 Å². The van der Waals surface area contributed by atoms with E-state index >= 15 is 0 Å². The molecule has 0 radical (unpaired) electrons. The van der Waals surface area contributed by atoms with E-state index in [0.29, 0.717) is 38.5 Å². The fourth-order valence-corrected chi connectivity index (χ4v) is 4.18. The van der Waals surface area contributed by atoms with Crippen molar-refractivity contribution in [3.63, 3.8) is 0 Å². The Morgan fingerprint density at radius 3 is 1.25 bits per heavy atom. The first-order chi connectivity index (χ1) is 13.4. The number of hydrogen-bond acceptors (Lipinski definition) is 6. The van der Waals surface area contributed by atoms with Gasteiger partial charge in [-0.3, -0.25) is 19.2 Å². The molecule has 8 heteroatoms. The van der Waals surface area contributed by atoms with Crippen molar-refractivity contribution in [2.24, 2.45) is 23.7 Å². The number of rotatable bonds is 9. The Balaban J connectivity index is 1.63. The number of unbranched alkanes of at least 4 members (excludes halogenated alkanes) is 1. The van der Waals surface area contributed by atoms with Gasteiger partial charge in [-0.2, -0.15) is 0 Å². The summed E-state index contributed by atoms with van der Waals surface area (Å²) < 4.78 is 10.4. The molecular formula is C20H30O8. The second-order valence-electron chi connectivity index (χ2n) is 7.71. The Morgan fingerprint density at radius 1 is 0.607 bits per heavy atom. The van der Waals surface area contributed by atoms with E-state index in [1.807, 2.05) is 0 Å². The lowest BCUT2D eigenvalue weighted by molar-refractivity contribution is -0.160. The van der Waals surface area contributed by atoms with Crippen LogP contribution in [0, 0.1) is 23.7 Å². The van der Waals surface area contributed by atoms with E-state index in [1.54, 1.807) is 0 Å². The SMILES string of the molecule is O=C(O)[C@H]1CCCC[C@H]1C(=O)OCCCCOC(=O)[C@@H]1CCCC[C@@H]1C(=O)O. The van der Waals surface area contributed by atoms with Gasteiger partial charge in [0.05, 0.1) is 36.9 Å². The van der Waals surface area contributed by atoms with E-state index in [4.69, 9.17) is 9.47 Å². The molecule has 0 heterocycles. The smallest absolute Gasteiger partial charge is 0.309 e. The molecule has 8 nitrogen and oxygen atoms in total. The summed E-state index contributed by atoms with van der Waals surface area (Å²) in [5.74, 6) is -5.32. The molecule has 2 N–H and O–H groups in total. The van der Waals surface area contributed by atoms with Crippen LogP contribution in [-0.2, 0) is 28.7 Å². The predicted molar refractivity (Wildman–Crippen MR) is 97.3 cm³/mol. The third-order valence-electron chi connectivity index (χ3n) is 5.80. The molecule has 2 saturated carbocycles. The molecule has 0 aromatic rings. The van der Waals surface area contributed by atoms with Crippen LogP contribution in [0.2, 0.25) is 0 Å². The molecule has 4 atom stereocenters. The summed E-state index contributed by atoms with van der Waals surface area (Å²) in [5, 5.41) is 18.4. The molecule has 2 aliphatic rings. The summed E-state index contributed by atoms with van der Waals surface area (Å²) in [5.41, 5.74) is 0. The molecule has 0 aliphatic heterocycles. The first-order valence-electron chi connectivity index (χ1n) is 10.2. The molecule has 0 amide bonds. The second kappa shape index (κ2) is 11.0. The number of ether oxygens (including phenoxy) is 2. The summed E-state index contributed by atoms with van der Waals surface area (Å²) in [6, 6.07) is 0. The lowest BCUT2D eigenvalue weighted by Crippen LogP contribution is -2.34. The lowest BCUT2D eigenvalue weighted by Gasteiger charge is -2.27. The van der Waals surface area contributed by atoms with Crippen LogP contribution >= 0.6 is 0 Å². The Labute approximate surface area is 164 Å². The van der Waals surface area contributed by atoms with Crippen molar-refractivity contribution < 1.29 is 38.9 Å². The molecule has 0 bridgehead atoms. The van der Waals surface area contributed by atoms with Crippen LogP contribution < -0.4 is 0 Å². The van der Waals surface area contributed by atoms with E-state index in [2.05, 4.69) is 0 Å². The molecule has 0 spiro atoms. The number of esters is 2. The van der Waals surface area contributed by atoms with Gasteiger partial charge in [-0.15, -0.1) is 0 Å². The monoisotopic (exact) mass is 398 g/mol. The van der Waals surface area contributed by atoms with Crippen LogP contribution in [0.1, 0.15) is 64.2 Å². The molecule has 0 aromatic heterocycles. The van der Waals surface area contributed by atoms with Crippen LogP contribution in [0.5, 0.6) is 0 Å². The van der Waals surface area contributed by atoms with Gasteiger partial charge in [0, 0.05) is 0 Å². The van der Waals surface area contributed by atoms with Gasteiger partial charge in [-0.25, -0.2) is 0 Å². The highest BCUT2D eigenvalue weighted by Gasteiger charge is 2.37. The summed E-state index contributed by atoms with van der Waals surface area (Å²) >= 11 is 0. The van der Waals surface area contributed by atoms with Crippen LogP contribution in [0.4, 0.5) is 0 Å². The molecule has 28 heavy (non-hydrogen) atoms. The van der Waals surface area contributed by atoms with E-state index in [1.165, 1.54) is 0 Å². The second-order valence-corrected chi connectivity index (χ2v) is 7.71. The molecular weight excluding hydrogens is 368 g/mol. The number of carbonyl (C=O) groups excluding carboxylic acids is 2. The van der Waals surface area contributed by atoms with Gasteiger partial charge in [-0.1, -0.05) is 25.7 Å². The minimum Gasteiger partial charge on any atom is -0.481 e. The Hall–Kier alpha value is -2.12. The average Bonchev–Trinajstić information content (AvgIpc) is 2.70. The van der Waals surface area contributed by atoms with Crippen LogP contribution in [0.15, 0.2) is 0 Å². The van der Waals surface area contributed by atoms with E-state index in [0.717, 1.165) is 25.7 Å². The highest BCUT2D eigenvalue weighted by Crippen LogP contribution is 2.32. The summed E-state index contributed by atoms with van der Waals surface area (Å²) in [6.45, 7) is 0.306. The fraction of sp³-hybridized carbons (Fsp3) is 0.800. The molecule has 158 valence electrons. The number of aliphatic carboxylic acids is 2. The van der Waals surface area contributed by atoms with Gasteiger partial charge in [0.25, 0.3) is 0 Å². The molecule has 0 saturated heterocycles. The third-order valence-corrected chi connectivity index (χ3v) is 5.80. The van der Waals surface area contributed by atoms with Crippen molar-refractivity contribution in [1.82, 2.24) is 0 Å². The zero-order valence-electron chi connectivity index (χ0n) is 16.1. The predicted octanol–water partition coefficient (Wildman–Crippen LogP) is 2.63. The number of carboxylic acids is 2. The normalized spacial score (nSPS) is 27.6. The van der Waals surface area contributed by atoms with Crippen molar-refractivity contribution in [1.29, 1.82) is 0 Å². The standard InChI is InChI=1S/C20H30O8/c21-17(22)13-7-1-3-9-15(13)19(25)27-11-5-6-12-28-20(26)16-10-4-2-8-14(16)18(23)24/h13-16H,1-12H2,(H,21,22)(H,23,24)/t13-,14-,15+,16+/m0/s1. The maximum Gasteiger partial charge on any atom is 0.309 e. The first kappa shape index (κ1) is 22.2. The maximum absolute atomic E-state index is 12.1. The average molecular weight is 398 g/mol. The quantitative estimate of drug-likeness (QED) is 0.448. The molecule has 2 fully saturated rings. The van der Waals surface area contributed by atoms with Crippen molar-refractivity contribution in [2.45, 2.75) is 64.2 Å². The topological polar surface area (TPSA) is 127 Å². The first-order valence-corrected chi connectivity index (χ1v) is 10.2. The highest BCUT2D eigenvalue weighted by atomic mass is 16.5. The van der Waals surface area contributed by atoms with Crippen LogP contribution in [0.3, 0.4) is 0 Å². The summed E-state index contributed by atoms with van der Waals surface area (Å²) in [7, 11) is 0. The fourth-order valence-electron chi connectivity index (χ4n) is 4.18. The number of hydrogen-bond donors (Lipinski definition) is 2. The summed E-state index contributed by atoms with van der Waals surface area (Å²) in [6.07, 6.45) is 6.38. The van der Waals surface area contributed by atoms with Crippen LogP contribution in [0.25, 0.3) is 0 Å².